The summed E-state index contributed by atoms with van der Waals surface area (Å²) in [5, 5.41) is 31.1. The van der Waals surface area contributed by atoms with Gasteiger partial charge in [-0.25, -0.2) is 4.98 Å². The number of aryl methyl sites for hydroxylation is 2. The van der Waals surface area contributed by atoms with Crippen molar-refractivity contribution in [1.82, 2.24) is 30.3 Å². The van der Waals surface area contributed by atoms with Gasteiger partial charge in [-0.1, -0.05) is 62.7 Å². The van der Waals surface area contributed by atoms with Gasteiger partial charge in [0.1, 0.15) is 17.5 Å². The van der Waals surface area contributed by atoms with Crippen molar-refractivity contribution in [2.75, 3.05) is 72.6 Å². The molecule has 1 saturated heterocycles. The Labute approximate surface area is 446 Å². The van der Waals surface area contributed by atoms with E-state index in [1.54, 1.807) is 11.3 Å². The van der Waals surface area contributed by atoms with E-state index in [1.807, 2.05) is 57.5 Å². The number of carbonyl (C=O) groups excluding carboxylic acids is 2. The molecule has 3 atom stereocenters. The Morgan fingerprint density at radius 1 is 0.829 bits per heavy atom. The Morgan fingerprint density at radius 2 is 1.46 bits per heavy atom. The molecule has 416 valence electrons. The number of halogens is 7. The fourth-order valence-electron chi connectivity index (χ4n) is 8.53. The van der Waals surface area contributed by atoms with E-state index in [0.29, 0.717) is 78.7 Å². The molecule has 6 rings (SSSR count). The van der Waals surface area contributed by atoms with Gasteiger partial charge in [-0.2, -0.15) is 31.4 Å². The SMILES string of the molecule is Cc1ncsc1-c1ccc(CNC(=O)C2C[C@@H](O)CN2C(=O)[C@@H](NCCOCCOCCOCCOCCCCCOc2ccc(-c3cc(C(F)(F)F)nn3C)c(O)c2-c2ccc(Cl)c(C(F)(F)F)c2)C(C)(C)C)cc1. The fourth-order valence-corrected chi connectivity index (χ4v) is 9.57. The summed E-state index contributed by atoms with van der Waals surface area (Å²) in [6.45, 7) is 11.3. The lowest BCUT2D eigenvalue weighted by Crippen LogP contribution is -2.57. The highest BCUT2D eigenvalue weighted by atomic mass is 35.5. The summed E-state index contributed by atoms with van der Waals surface area (Å²) in [4.78, 5) is 34.2. The molecule has 0 spiro atoms. The molecule has 76 heavy (non-hydrogen) atoms. The molecule has 0 saturated carbocycles. The van der Waals surface area contributed by atoms with Gasteiger partial charge in [0, 0.05) is 45.3 Å². The number of nitrogens with one attached hydrogen (secondary N) is 2. The zero-order valence-corrected chi connectivity index (χ0v) is 44.6. The number of aromatic nitrogens is 3. The van der Waals surface area contributed by atoms with Gasteiger partial charge in [0.25, 0.3) is 0 Å². The first-order valence-corrected chi connectivity index (χ1v) is 26.1. The summed E-state index contributed by atoms with van der Waals surface area (Å²) in [5.41, 5.74) is 1.37. The lowest BCUT2D eigenvalue weighted by Gasteiger charge is -2.35. The summed E-state index contributed by atoms with van der Waals surface area (Å²) < 4.78 is 111. The second kappa shape index (κ2) is 27.3. The van der Waals surface area contributed by atoms with Crippen LogP contribution in [0.2, 0.25) is 5.02 Å². The van der Waals surface area contributed by atoms with Crippen molar-refractivity contribution >= 4 is 34.8 Å². The van der Waals surface area contributed by atoms with Gasteiger partial charge in [-0.15, -0.1) is 11.3 Å². The third-order valence-corrected chi connectivity index (χ3v) is 13.8. The first kappa shape index (κ1) is 59.9. The number of rotatable bonds is 27. The van der Waals surface area contributed by atoms with E-state index in [9.17, 15) is 46.1 Å². The number of hydrogen-bond acceptors (Lipinski definition) is 13. The Morgan fingerprint density at radius 3 is 2.07 bits per heavy atom. The minimum absolute atomic E-state index is 0.0177. The van der Waals surface area contributed by atoms with Crippen LogP contribution < -0.4 is 15.4 Å². The highest BCUT2D eigenvalue weighted by Gasteiger charge is 2.44. The fraction of sp³-hybridized carbons (Fsp3) is 0.509. The smallest absolute Gasteiger partial charge is 0.435 e. The molecule has 1 fully saturated rings. The van der Waals surface area contributed by atoms with Crippen LogP contribution in [0.1, 0.15) is 69.0 Å². The van der Waals surface area contributed by atoms with E-state index in [2.05, 4.69) is 20.7 Å². The average Bonchev–Trinajstić information content (AvgIpc) is 4.11. The van der Waals surface area contributed by atoms with Gasteiger partial charge in [-0.3, -0.25) is 14.3 Å². The van der Waals surface area contributed by atoms with Crippen molar-refractivity contribution in [2.45, 2.75) is 90.5 Å². The minimum Gasteiger partial charge on any atom is -0.506 e. The average molecular weight is 1110 g/mol. The highest BCUT2D eigenvalue weighted by Crippen LogP contribution is 2.47. The largest absolute Gasteiger partial charge is 0.506 e. The van der Waals surface area contributed by atoms with Gasteiger partial charge in [0.15, 0.2) is 5.69 Å². The predicted octanol–water partition coefficient (Wildman–Crippen LogP) is 9.48. The Bertz CT molecular complexity index is 2680. The summed E-state index contributed by atoms with van der Waals surface area (Å²) >= 11 is 7.42. The molecule has 0 radical (unpaired) electrons. The molecular formula is C53H65ClF6N6O9S. The molecule has 2 aromatic heterocycles. The number of β-amino-alcohol motifs (C(OH)–C–C–N with tert-alkyl or cyclic N) is 1. The number of likely N-dealkylation sites (tertiary alicyclic amines) is 1. The van der Waals surface area contributed by atoms with E-state index >= 15 is 0 Å². The number of hydrogen-bond donors (Lipinski definition) is 4. The number of phenolic OH excluding ortho intramolecular Hbond substituents is 1. The maximum absolute atomic E-state index is 13.9. The summed E-state index contributed by atoms with van der Waals surface area (Å²) in [5.74, 6) is -1.16. The van der Waals surface area contributed by atoms with Gasteiger partial charge < -0.3 is 49.4 Å². The molecule has 4 N–H and O–H groups in total. The summed E-state index contributed by atoms with van der Waals surface area (Å²) in [7, 11) is 1.25. The number of ether oxygens (including phenoxy) is 5. The van der Waals surface area contributed by atoms with Crippen LogP contribution in [0.5, 0.6) is 11.5 Å². The number of alkyl halides is 6. The van der Waals surface area contributed by atoms with Crippen LogP contribution in [0.25, 0.3) is 32.8 Å². The van der Waals surface area contributed by atoms with E-state index in [1.165, 1.54) is 30.1 Å². The second-order valence-electron chi connectivity index (χ2n) is 19.3. The molecular weight excluding hydrogens is 1050 g/mol. The number of benzene rings is 3. The van der Waals surface area contributed by atoms with Crippen molar-refractivity contribution in [2.24, 2.45) is 12.5 Å². The van der Waals surface area contributed by atoms with Crippen molar-refractivity contribution in [3.63, 3.8) is 0 Å². The van der Waals surface area contributed by atoms with Crippen LogP contribution in [-0.2, 0) is 54.5 Å². The molecule has 1 aliphatic heterocycles. The third kappa shape index (κ3) is 16.6. The second-order valence-corrected chi connectivity index (χ2v) is 20.5. The lowest BCUT2D eigenvalue weighted by molar-refractivity contribution is -0.142. The van der Waals surface area contributed by atoms with Crippen LogP contribution in [0, 0.1) is 12.3 Å². The number of phenols is 1. The Kier molecular flexibility index (Phi) is 21.5. The van der Waals surface area contributed by atoms with Gasteiger partial charge in [-0.05, 0) is 78.6 Å². The van der Waals surface area contributed by atoms with Crippen molar-refractivity contribution in [1.29, 1.82) is 0 Å². The molecule has 5 aromatic rings. The zero-order valence-electron chi connectivity index (χ0n) is 43.0. The molecule has 15 nitrogen and oxygen atoms in total. The molecule has 3 aromatic carbocycles. The first-order valence-electron chi connectivity index (χ1n) is 24.8. The maximum Gasteiger partial charge on any atom is 0.435 e. The van der Waals surface area contributed by atoms with E-state index in [-0.39, 0.29) is 66.1 Å². The molecule has 3 heterocycles. The summed E-state index contributed by atoms with van der Waals surface area (Å²) in [6.07, 6.45) is -8.43. The number of aliphatic hydroxyl groups is 1. The Hall–Kier alpha value is -5.33. The van der Waals surface area contributed by atoms with Gasteiger partial charge in [0.2, 0.25) is 11.8 Å². The number of thiazole rings is 1. The zero-order chi connectivity index (χ0) is 55.2. The first-order chi connectivity index (χ1) is 36.0. The van der Waals surface area contributed by atoms with Gasteiger partial charge in [0.05, 0.1) is 103 Å². The molecule has 1 aliphatic rings. The monoisotopic (exact) mass is 1110 g/mol. The molecule has 0 bridgehead atoms. The molecule has 23 heteroatoms. The van der Waals surface area contributed by atoms with E-state index < -0.39 is 58.0 Å². The van der Waals surface area contributed by atoms with Crippen LogP contribution in [0.4, 0.5) is 26.3 Å². The lowest BCUT2D eigenvalue weighted by atomic mass is 9.85. The van der Waals surface area contributed by atoms with Crippen molar-refractivity contribution in [3.8, 4) is 44.3 Å². The number of carbonyl (C=O) groups is 2. The third-order valence-electron chi connectivity index (χ3n) is 12.5. The maximum atomic E-state index is 13.9. The van der Waals surface area contributed by atoms with Crippen LogP contribution in [-0.4, -0.2) is 132 Å². The standard InChI is InChI=1S/C53H65ClF6N6O9S/c1-33-47(76-32-63-33)35-11-9-34(10-12-35)30-62-49(69)42-28-37(67)31-66(42)50(70)48(51(2,3)4)61-17-20-72-22-24-74-26-25-73-23-21-71-18-7-6-8-19-75-43-16-14-38(41-29-44(53(58,59)60)64-65(41)5)46(68)45(43)36-13-15-40(54)39(27-36)52(55,56)57/h9-16,27,29,32,37,42,48,61,67-68H,6-8,17-26,28,30-31H2,1-5H3,(H,62,69)/t37-,42?,48-/m1/s1. The quantitative estimate of drug-likeness (QED) is 0.0290. The van der Waals surface area contributed by atoms with Crippen molar-refractivity contribution in [3.05, 3.63) is 93.7 Å². The van der Waals surface area contributed by atoms with Crippen LogP contribution in [0.3, 0.4) is 0 Å². The Balaban J connectivity index is 0.824. The number of aromatic hydroxyl groups is 1. The molecule has 2 amide bonds. The minimum atomic E-state index is -4.83. The number of nitrogens with zero attached hydrogens (tertiary/aromatic N) is 4. The van der Waals surface area contributed by atoms with Crippen LogP contribution >= 0.6 is 22.9 Å². The number of amides is 2. The van der Waals surface area contributed by atoms with E-state index in [4.69, 9.17) is 35.3 Å². The topological polar surface area (TPSA) is 179 Å². The van der Waals surface area contributed by atoms with Crippen molar-refractivity contribution < 1.29 is 69.8 Å². The number of unbranched alkanes of at least 4 members (excludes halogenated alkanes) is 2. The summed E-state index contributed by atoms with van der Waals surface area (Å²) in [6, 6.07) is 12.9. The normalized spacial score (nSPS) is 15.6. The van der Waals surface area contributed by atoms with E-state index in [0.717, 1.165) is 44.6 Å². The molecule has 0 aliphatic carbocycles. The van der Waals surface area contributed by atoms with Gasteiger partial charge >= 0.3 is 12.4 Å². The predicted molar refractivity (Wildman–Crippen MR) is 275 cm³/mol. The van der Waals surface area contributed by atoms with Crippen LogP contribution in [0.15, 0.2) is 66.2 Å². The number of aliphatic hydroxyl groups excluding tert-OH is 1. The molecule has 1 unspecified atom stereocenters. The highest BCUT2D eigenvalue weighted by molar-refractivity contribution is 7.13.